The smallest absolute Gasteiger partial charge is 0.335 e. The van der Waals surface area contributed by atoms with Gasteiger partial charge in [-0.05, 0) is 71.8 Å². The van der Waals surface area contributed by atoms with Crippen molar-refractivity contribution in [3.8, 4) is 0 Å². The van der Waals surface area contributed by atoms with Crippen molar-refractivity contribution in [1.82, 2.24) is 0 Å². The fraction of sp³-hybridized carbons (Fsp3) is 0.522. The van der Waals surface area contributed by atoms with Crippen molar-refractivity contribution in [3.63, 3.8) is 0 Å². The van der Waals surface area contributed by atoms with E-state index >= 15 is 0 Å². The Morgan fingerprint density at radius 2 is 1.46 bits per heavy atom. The van der Waals surface area contributed by atoms with Gasteiger partial charge in [0.25, 0.3) is 0 Å². The molecule has 0 aromatic heterocycles. The Kier molecular flexibility index (Phi) is 5.70. The third-order valence-electron chi connectivity index (χ3n) is 6.62. The molecule has 0 aromatic rings. The first kappa shape index (κ1) is 20.3. The Morgan fingerprint density at radius 3 is 1.96 bits per heavy atom. The zero-order valence-corrected chi connectivity index (χ0v) is 17.1. The quantitative estimate of drug-likeness (QED) is 0.611. The standard InChI is InChI=1S/C23H32O3/c1-11(2)22(23(25)26)20-9-18(14(5)12(3)16(20)7)19-10-21(24)17(8)13(4)15(19)6/h9-10,12-16,24H,8H2,1-7H3,(H,25,26)/b19-18-. The highest BCUT2D eigenvalue weighted by molar-refractivity contribution is 5.93. The normalized spacial score (nSPS) is 34.9. The summed E-state index contributed by atoms with van der Waals surface area (Å²) in [7, 11) is 0. The summed E-state index contributed by atoms with van der Waals surface area (Å²) < 4.78 is 0. The van der Waals surface area contributed by atoms with Crippen LogP contribution in [0, 0.1) is 29.6 Å². The molecule has 5 unspecified atom stereocenters. The monoisotopic (exact) mass is 356 g/mol. The second-order valence-electron chi connectivity index (χ2n) is 8.26. The molecular weight excluding hydrogens is 324 g/mol. The molecule has 0 spiro atoms. The third-order valence-corrected chi connectivity index (χ3v) is 6.62. The number of aliphatic hydroxyl groups excluding tert-OH is 1. The van der Waals surface area contributed by atoms with Crippen molar-refractivity contribution < 1.29 is 15.0 Å². The summed E-state index contributed by atoms with van der Waals surface area (Å²) in [6.07, 6.45) is 3.90. The van der Waals surface area contributed by atoms with E-state index < -0.39 is 5.97 Å². The first-order valence-corrected chi connectivity index (χ1v) is 9.45. The summed E-state index contributed by atoms with van der Waals surface area (Å²) in [4.78, 5) is 11.9. The second kappa shape index (κ2) is 7.30. The maximum atomic E-state index is 11.9. The summed E-state index contributed by atoms with van der Waals surface area (Å²) in [5, 5.41) is 20.1. The van der Waals surface area contributed by atoms with Gasteiger partial charge in [0.1, 0.15) is 5.76 Å². The molecule has 0 heterocycles. The second-order valence-corrected chi connectivity index (χ2v) is 8.26. The van der Waals surface area contributed by atoms with Gasteiger partial charge in [-0.1, -0.05) is 52.8 Å². The molecule has 0 fully saturated rings. The number of allylic oxidation sites excluding steroid dienone is 6. The predicted octanol–water partition coefficient (Wildman–Crippen LogP) is 5.84. The summed E-state index contributed by atoms with van der Waals surface area (Å²) in [5.41, 5.74) is 5.14. The predicted molar refractivity (Wildman–Crippen MR) is 107 cm³/mol. The van der Waals surface area contributed by atoms with E-state index in [4.69, 9.17) is 0 Å². The Balaban J connectivity index is 2.77. The Bertz CT molecular complexity index is 756. The van der Waals surface area contributed by atoms with Gasteiger partial charge in [-0.2, -0.15) is 0 Å². The largest absolute Gasteiger partial charge is 0.508 e. The summed E-state index contributed by atoms with van der Waals surface area (Å²) in [5.74, 6) is 0.533. The molecule has 2 rings (SSSR count). The fourth-order valence-corrected chi connectivity index (χ4v) is 4.22. The van der Waals surface area contributed by atoms with Crippen molar-refractivity contribution in [2.24, 2.45) is 29.6 Å². The van der Waals surface area contributed by atoms with E-state index in [1.165, 1.54) is 0 Å². The third kappa shape index (κ3) is 3.32. The first-order chi connectivity index (χ1) is 12.0. The summed E-state index contributed by atoms with van der Waals surface area (Å²) >= 11 is 0. The van der Waals surface area contributed by atoms with Gasteiger partial charge in [-0.25, -0.2) is 4.79 Å². The minimum Gasteiger partial charge on any atom is -0.508 e. The van der Waals surface area contributed by atoms with Crippen LogP contribution in [0.5, 0.6) is 0 Å². The highest BCUT2D eigenvalue weighted by Crippen LogP contribution is 2.46. The van der Waals surface area contributed by atoms with Crippen LogP contribution in [0.1, 0.15) is 48.5 Å². The maximum absolute atomic E-state index is 11.9. The van der Waals surface area contributed by atoms with Gasteiger partial charge in [0, 0.05) is 0 Å². The van der Waals surface area contributed by atoms with Crippen molar-refractivity contribution in [2.75, 3.05) is 0 Å². The van der Waals surface area contributed by atoms with Crippen molar-refractivity contribution >= 4 is 5.97 Å². The molecule has 2 N–H and O–H groups in total. The van der Waals surface area contributed by atoms with E-state index in [1.807, 2.05) is 19.9 Å². The van der Waals surface area contributed by atoms with Crippen LogP contribution in [-0.4, -0.2) is 16.2 Å². The molecule has 0 radical (unpaired) electrons. The molecule has 0 bridgehead atoms. The zero-order chi connectivity index (χ0) is 19.9. The zero-order valence-electron chi connectivity index (χ0n) is 17.1. The van der Waals surface area contributed by atoms with Crippen molar-refractivity contribution in [3.05, 3.63) is 57.9 Å². The van der Waals surface area contributed by atoms with Gasteiger partial charge in [0.2, 0.25) is 0 Å². The first-order valence-electron chi connectivity index (χ1n) is 9.45. The molecule has 0 amide bonds. The Hall–Kier alpha value is -2.03. The van der Waals surface area contributed by atoms with E-state index in [0.29, 0.717) is 17.4 Å². The lowest BCUT2D eigenvalue weighted by atomic mass is 9.66. The lowest BCUT2D eigenvalue weighted by Crippen LogP contribution is -2.29. The van der Waals surface area contributed by atoms with Crippen LogP contribution in [0.15, 0.2) is 57.9 Å². The van der Waals surface area contributed by atoms with Crippen LogP contribution in [-0.2, 0) is 4.79 Å². The SMILES string of the molecule is C=C1C(O)=C/C(=C2\C=C(C(C(=O)O)=C(C)C)C(C)C(C)C2C)C(C)C1C. The number of carboxylic acid groups (broad SMARTS) is 1. The van der Waals surface area contributed by atoms with Gasteiger partial charge in [-0.3, -0.25) is 0 Å². The molecule has 0 aliphatic heterocycles. The topological polar surface area (TPSA) is 57.5 Å². The van der Waals surface area contributed by atoms with E-state index in [9.17, 15) is 15.0 Å². The Labute approximate surface area is 157 Å². The minimum atomic E-state index is -0.869. The number of hydrogen-bond acceptors (Lipinski definition) is 2. The minimum absolute atomic E-state index is 0.156. The lowest BCUT2D eigenvalue weighted by molar-refractivity contribution is -0.132. The van der Waals surface area contributed by atoms with Crippen LogP contribution in [0.2, 0.25) is 0 Å². The van der Waals surface area contributed by atoms with Crippen molar-refractivity contribution in [1.29, 1.82) is 0 Å². The molecule has 2 aliphatic rings. The van der Waals surface area contributed by atoms with Crippen molar-refractivity contribution in [2.45, 2.75) is 48.5 Å². The number of carbonyl (C=O) groups is 1. The van der Waals surface area contributed by atoms with Crippen LogP contribution in [0.25, 0.3) is 0 Å². The van der Waals surface area contributed by atoms with Gasteiger partial charge in [-0.15, -0.1) is 0 Å². The number of rotatable bonds is 2. The maximum Gasteiger partial charge on any atom is 0.335 e. The molecule has 5 atom stereocenters. The lowest BCUT2D eigenvalue weighted by Gasteiger charge is -2.38. The average Bonchev–Trinajstić information content (AvgIpc) is 2.56. The van der Waals surface area contributed by atoms with E-state index in [1.54, 1.807) is 0 Å². The van der Waals surface area contributed by atoms with Gasteiger partial charge in [0.15, 0.2) is 0 Å². The highest BCUT2D eigenvalue weighted by Gasteiger charge is 2.36. The Morgan fingerprint density at radius 1 is 0.923 bits per heavy atom. The molecule has 0 aromatic carbocycles. The molecule has 0 saturated carbocycles. The highest BCUT2D eigenvalue weighted by atomic mass is 16.4. The van der Waals surface area contributed by atoms with Crippen LogP contribution < -0.4 is 0 Å². The molecule has 2 aliphatic carbocycles. The van der Waals surface area contributed by atoms with Gasteiger partial charge >= 0.3 is 5.97 Å². The molecular formula is C23H32O3. The molecule has 26 heavy (non-hydrogen) atoms. The summed E-state index contributed by atoms with van der Waals surface area (Å²) in [6.45, 7) is 18.4. The van der Waals surface area contributed by atoms with Gasteiger partial charge in [0.05, 0.1) is 5.57 Å². The van der Waals surface area contributed by atoms with E-state index in [0.717, 1.165) is 27.9 Å². The molecule has 3 nitrogen and oxygen atoms in total. The molecule has 142 valence electrons. The van der Waals surface area contributed by atoms with E-state index in [2.05, 4.69) is 47.3 Å². The van der Waals surface area contributed by atoms with Gasteiger partial charge < -0.3 is 10.2 Å². The van der Waals surface area contributed by atoms with Crippen LogP contribution >= 0.6 is 0 Å². The molecule has 3 heteroatoms. The fourth-order valence-electron chi connectivity index (χ4n) is 4.22. The van der Waals surface area contributed by atoms with Crippen LogP contribution in [0.4, 0.5) is 0 Å². The molecule has 0 saturated heterocycles. The van der Waals surface area contributed by atoms with E-state index in [-0.39, 0.29) is 23.5 Å². The number of aliphatic carboxylic acids is 1. The average molecular weight is 357 g/mol. The number of aliphatic hydroxyl groups is 1. The number of carboxylic acids is 1. The number of hydrogen-bond donors (Lipinski definition) is 2. The summed E-state index contributed by atoms with van der Waals surface area (Å²) in [6, 6.07) is 0. The van der Waals surface area contributed by atoms with Crippen LogP contribution in [0.3, 0.4) is 0 Å².